The van der Waals surface area contributed by atoms with Crippen LogP contribution in [0.1, 0.15) is 16.7 Å². The second kappa shape index (κ2) is 8.78. The number of halogens is 1. The lowest BCUT2D eigenvalue weighted by Gasteiger charge is -2.12. The summed E-state index contributed by atoms with van der Waals surface area (Å²) >= 11 is 6.91. The van der Waals surface area contributed by atoms with Crippen molar-refractivity contribution < 1.29 is 14.3 Å². The molecule has 0 saturated carbocycles. The summed E-state index contributed by atoms with van der Waals surface area (Å²) in [6.07, 6.45) is 1.69. The average Bonchev–Trinajstić information content (AvgIpc) is 3.01. The number of carbonyl (C=O) groups is 2. The molecule has 150 valence electrons. The van der Waals surface area contributed by atoms with Gasteiger partial charge in [-0.2, -0.15) is 0 Å². The number of para-hydroxylation sites is 1. The molecule has 1 aliphatic heterocycles. The number of nitrogens with zero attached hydrogens (tertiary/aromatic N) is 1. The second-order valence-corrected chi connectivity index (χ2v) is 8.24. The van der Waals surface area contributed by atoms with E-state index in [1.165, 1.54) is 5.56 Å². The van der Waals surface area contributed by atoms with Gasteiger partial charge < -0.3 is 4.74 Å². The Kier molecular flexibility index (Phi) is 5.93. The van der Waals surface area contributed by atoms with Crippen LogP contribution in [0.4, 0.5) is 10.5 Å². The van der Waals surface area contributed by atoms with E-state index in [4.69, 9.17) is 16.3 Å². The van der Waals surface area contributed by atoms with Crippen molar-refractivity contribution in [3.05, 3.63) is 99.4 Å². The Bertz CT molecular complexity index is 1140. The van der Waals surface area contributed by atoms with Crippen molar-refractivity contribution in [2.24, 2.45) is 0 Å². The highest BCUT2D eigenvalue weighted by atomic mass is 35.5. The largest absolute Gasteiger partial charge is 0.488 e. The fourth-order valence-electron chi connectivity index (χ4n) is 3.02. The van der Waals surface area contributed by atoms with Crippen LogP contribution in [0.2, 0.25) is 5.02 Å². The third-order valence-electron chi connectivity index (χ3n) is 4.58. The van der Waals surface area contributed by atoms with E-state index in [1.54, 1.807) is 30.3 Å². The molecule has 0 bridgehead atoms. The lowest BCUT2D eigenvalue weighted by Crippen LogP contribution is -2.27. The van der Waals surface area contributed by atoms with Crippen LogP contribution in [0.3, 0.4) is 0 Å². The molecule has 4 rings (SSSR count). The quantitative estimate of drug-likeness (QED) is 0.431. The lowest BCUT2D eigenvalue weighted by atomic mass is 10.1. The molecule has 3 aromatic rings. The molecule has 0 radical (unpaired) electrons. The van der Waals surface area contributed by atoms with E-state index in [0.29, 0.717) is 28.0 Å². The molecular formula is C24H18ClNO3S. The predicted octanol–water partition coefficient (Wildman–Crippen LogP) is 6.47. The number of ether oxygens (including phenoxy) is 1. The van der Waals surface area contributed by atoms with Gasteiger partial charge in [0.15, 0.2) is 0 Å². The first-order chi connectivity index (χ1) is 14.5. The van der Waals surface area contributed by atoms with Crippen molar-refractivity contribution in [2.45, 2.75) is 13.5 Å². The molecule has 3 aromatic carbocycles. The van der Waals surface area contributed by atoms with Gasteiger partial charge in [0.05, 0.1) is 10.6 Å². The van der Waals surface area contributed by atoms with E-state index >= 15 is 0 Å². The molecule has 1 aliphatic rings. The number of benzene rings is 3. The van der Waals surface area contributed by atoms with Gasteiger partial charge in [-0.05, 0) is 54.6 Å². The minimum atomic E-state index is -0.374. The van der Waals surface area contributed by atoms with Gasteiger partial charge in [-0.25, -0.2) is 4.90 Å². The molecular weight excluding hydrogens is 418 g/mol. The summed E-state index contributed by atoms with van der Waals surface area (Å²) < 4.78 is 5.98. The fourth-order valence-corrected chi connectivity index (χ4v) is 4.04. The van der Waals surface area contributed by atoms with Crippen LogP contribution in [-0.4, -0.2) is 11.1 Å². The van der Waals surface area contributed by atoms with Crippen molar-refractivity contribution in [3.8, 4) is 5.75 Å². The third kappa shape index (κ3) is 4.42. The Balaban J connectivity index is 1.57. The molecule has 0 atom stereocenters. The fraction of sp³-hybridized carbons (Fsp3) is 0.0833. The number of imide groups is 1. The summed E-state index contributed by atoms with van der Waals surface area (Å²) in [6, 6.07) is 22.3. The average molecular weight is 436 g/mol. The first-order valence-corrected chi connectivity index (χ1v) is 10.5. The number of hydrogen-bond donors (Lipinski definition) is 0. The van der Waals surface area contributed by atoms with Gasteiger partial charge in [0.2, 0.25) is 0 Å². The zero-order chi connectivity index (χ0) is 21.1. The van der Waals surface area contributed by atoms with Crippen LogP contribution < -0.4 is 9.64 Å². The van der Waals surface area contributed by atoms with E-state index in [0.717, 1.165) is 27.8 Å². The van der Waals surface area contributed by atoms with Gasteiger partial charge in [0.25, 0.3) is 11.1 Å². The molecule has 1 heterocycles. The van der Waals surface area contributed by atoms with E-state index in [-0.39, 0.29) is 11.1 Å². The normalized spacial score (nSPS) is 15.1. The Labute approximate surface area is 184 Å². The number of thioether (sulfide) groups is 1. The number of rotatable bonds is 5. The van der Waals surface area contributed by atoms with Gasteiger partial charge in [-0.1, -0.05) is 65.7 Å². The molecule has 0 unspecified atom stereocenters. The lowest BCUT2D eigenvalue weighted by molar-refractivity contribution is -0.113. The summed E-state index contributed by atoms with van der Waals surface area (Å²) in [6.45, 7) is 2.45. The van der Waals surface area contributed by atoms with Crippen molar-refractivity contribution >= 4 is 46.3 Å². The zero-order valence-corrected chi connectivity index (χ0v) is 17.7. The maximum absolute atomic E-state index is 12.9. The number of aryl methyl sites for hydroxylation is 1. The van der Waals surface area contributed by atoms with Gasteiger partial charge >= 0.3 is 0 Å². The molecule has 4 nitrogen and oxygen atoms in total. The van der Waals surface area contributed by atoms with E-state index in [1.807, 2.05) is 55.5 Å². The highest BCUT2D eigenvalue weighted by molar-refractivity contribution is 8.19. The summed E-state index contributed by atoms with van der Waals surface area (Å²) in [4.78, 5) is 26.8. The molecule has 0 aromatic heterocycles. The van der Waals surface area contributed by atoms with Crippen LogP contribution in [0.25, 0.3) is 6.08 Å². The number of amides is 2. The van der Waals surface area contributed by atoms with Gasteiger partial charge in [-0.3, -0.25) is 9.59 Å². The van der Waals surface area contributed by atoms with Gasteiger partial charge in [0.1, 0.15) is 12.4 Å². The maximum Gasteiger partial charge on any atom is 0.298 e. The Morgan fingerprint density at radius 1 is 1.00 bits per heavy atom. The van der Waals surface area contributed by atoms with Crippen LogP contribution >= 0.6 is 23.4 Å². The maximum atomic E-state index is 12.9. The van der Waals surface area contributed by atoms with Gasteiger partial charge in [0, 0.05) is 10.6 Å². The molecule has 30 heavy (non-hydrogen) atoms. The molecule has 0 N–H and O–H groups in total. The molecule has 1 fully saturated rings. The van der Waals surface area contributed by atoms with Crippen LogP contribution in [-0.2, 0) is 11.4 Å². The van der Waals surface area contributed by atoms with E-state index in [2.05, 4.69) is 0 Å². The Morgan fingerprint density at radius 3 is 2.53 bits per heavy atom. The minimum absolute atomic E-state index is 0.339. The predicted molar refractivity (Wildman–Crippen MR) is 122 cm³/mol. The van der Waals surface area contributed by atoms with Crippen LogP contribution in [0, 0.1) is 6.92 Å². The summed E-state index contributed by atoms with van der Waals surface area (Å²) in [5.74, 6) is 0.272. The minimum Gasteiger partial charge on any atom is -0.488 e. The SMILES string of the molecule is Cc1ccc(COc2ccccc2/C=C2\SC(=O)N(c3cccc(Cl)c3)C2=O)cc1. The molecule has 0 aliphatic carbocycles. The van der Waals surface area contributed by atoms with Gasteiger partial charge in [-0.15, -0.1) is 0 Å². The topological polar surface area (TPSA) is 46.6 Å². The first kappa shape index (κ1) is 20.3. The highest BCUT2D eigenvalue weighted by Gasteiger charge is 2.36. The number of hydrogen-bond acceptors (Lipinski definition) is 4. The molecule has 1 saturated heterocycles. The van der Waals surface area contributed by atoms with E-state index in [9.17, 15) is 9.59 Å². The van der Waals surface area contributed by atoms with E-state index < -0.39 is 0 Å². The van der Waals surface area contributed by atoms with Crippen LogP contribution in [0.5, 0.6) is 5.75 Å². The third-order valence-corrected chi connectivity index (χ3v) is 5.69. The number of carbonyl (C=O) groups excluding carboxylic acids is 2. The van der Waals surface area contributed by atoms with Crippen molar-refractivity contribution in [3.63, 3.8) is 0 Å². The summed E-state index contributed by atoms with van der Waals surface area (Å²) in [7, 11) is 0. The Morgan fingerprint density at radius 2 is 1.77 bits per heavy atom. The molecule has 2 amide bonds. The first-order valence-electron chi connectivity index (χ1n) is 9.32. The van der Waals surface area contributed by atoms with Crippen molar-refractivity contribution in [1.82, 2.24) is 0 Å². The standard InChI is InChI=1S/C24H18ClNO3S/c1-16-9-11-17(12-10-16)15-29-21-8-3-2-5-18(21)13-22-23(27)26(24(28)30-22)20-7-4-6-19(25)14-20/h2-14H,15H2,1H3/b22-13-. The van der Waals surface area contributed by atoms with Crippen molar-refractivity contribution in [2.75, 3.05) is 4.90 Å². The second-order valence-electron chi connectivity index (χ2n) is 6.81. The van der Waals surface area contributed by atoms with Crippen molar-refractivity contribution in [1.29, 1.82) is 0 Å². The van der Waals surface area contributed by atoms with Crippen LogP contribution in [0.15, 0.2) is 77.7 Å². The number of anilines is 1. The monoisotopic (exact) mass is 435 g/mol. The highest BCUT2D eigenvalue weighted by Crippen LogP contribution is 2.37. The smallest absolute Gasteiger partial charge is 0.298 e. The summed E-state index contributed by atoms with van der Waals surface area (Å²) in [5.41, 5.74) is 3.43. The molecule has 6 heteroatoms. The Hall–Kier alpha value is -3.02. The molecule has 0 spiro atoms. The zero-order valence-electron chi connectivity index (χ0n) is 16.2. The summed E-state index contributed by atoms with van der Waals surface area (Å²) in [5, 5.41) is 0.108.